The first-order valence-electron chi connectivity index (χ1n) is 2.02. The maximum absolute atomic E-state index is 10.0. The van der Waals surface area contributed by atoms with Crippen LogP contribution in [0.5, 0.6) is 0 Å². The first-order valence-corrected chi connectivity index (χ1v) is 2.02. The van der Waals surface area contributed by atoms with E-state index in [9.17, 15) is 9.59 Å². The van der Waals surface area contributed by atoms with Crippen molar-refractivity contribution in [1.29, 1.82) is 0 Å². The van der Waals surface area contributed by atoms with E-state index in [1.54, 1.807) is 0 Å². The fraction of sp³-hybridized carbons (Fsp3) is 0.500. The van der Waals surface area contributed by atoms with Crippen molar-refractivity contribution in [2.45, 2.75) is 12.8 Å². The fourth-order valence-corrected chi connectivity index (χ4v) is 0.433. The largest absolute Gasteiger partial charge is 0.393 e. The zero-order valence-electron chi connectivity index (χ0n) is 3.64. The third-order valence-corrected chi connectivity index (χ3v) is 0.761. The van der Waals surface area contributed by atoms with Crippen LogP contribution in [0.1, 0.15) is 12.8 Å². The monoisotopic (exact) mass is 101 g/mol. The summed E-state index contributed by atoms with van der Waals surface area (Å²) in [5, 5.41) is 0. The summed E-state index contributed by atoms with van der Waals surface area (Å²) in [6.07, 6.45) is 0.525. The maximum atomic E-state index is 10.0. The van der Waals surface area contributed by atoms with Crippen molar-refractivity contribution in [1.82, 2.24) is 0 Å². The van der Waals surface area contributed by atoms with Crippen molar-refractivity contribution in [2.75, 3.05) is 0 Å². The lowest BCUT2D eigenvalue weighted by Gasteiger charge is -1.79. The number of hydrogen-bond acceptors (Lipinski definition) is 3. The van der Waals surface area contributed by atoms with Gasteiger partial charge in [0.1, 0.15) is 0 Å². The smallest absolute Gasteiger partial charge is 0.314 e. The van der Waals surface area contributed by atoms with Crippen LogP contribution in [0.3, 0.4) is 0 Å². The lowest BCUT2D eigenvalue weighted by molar-refractivity contribution is -0.151. The van der Waals surface area contributed by atoms with Gasteiger partial charge < -0.3 is 4.74 Å². The van der Waals surface area contributed by atoms with E-state index < -0.39 is 11.9 Å². The minimum absolute atomic E-state index is 0.263. The Kier molecular flexibility index (Phi) is 0.817. The first kappa shape index (κ1) is 4.30. The molecule has 38 valence electrons. The Hall–Kier alpha value is -0.860. The van der Waals surface area contributed by atoms with E-state index in [2.05, 4.69) is 4.74 Å². The quantitative estimate of drug-likeness (QED) is 0.242. The van der Waals surface area contributed by atoms with Gasteiger partial charge in [0, 0.05) is 0 Å². The molecule has 1 rings (SSSR count). The summed E-state index contributed by atoms with van der Waals surface area (Å²) in [5.74, 6) is -0.796. The van der Waals surface area contributed by atoms with Gasteiger partial charge in [-0.05, 0) is 0 Å². The molecule has 3 nitrogen and oxygen atoms in total. The van der Waals surface area contributed by atoms with E-state index in [0.717, 1.165) is 0 Å². The Bertz CT molecular complexity index is 102. The molecule has 0 aliphatic carbocycles. The molecule has 0 saturated carbocycles. The molecular weight excluding hydrogens is 97.0 g/mol. The molecule has 1 heterocycles. The Labute approximate surface area is 40.3 Å². The number of carbonyl (C=O) groups is 2. The van der Waals surface area contributed by atoms with Crippen LogP contribution in [0.15, 0.2) is 0 Å². The number of esters is 2. The summed E-state index contributed by atoms with van der Waals surface area (Å²) < 4.78 is 4.08. The van der Waals surface area contributed by atoms with Crippen LogP contribution in [-0.4, -0.2) is 11.9 Å². The third kappa shape index (κ3) is 0.765. The molecule has 3 heteroatoms. The van der Waals surface area contributed by atoms with Crippen LogP contribution in [0.25, 0.3) is 0 Å². The summed E-state index contributed by atoms with van der Waals surface area (Å²) in [6, 6.07) is 0. The molecule has 0 aromatic carbocycles. The van der Waals surface area contributed by atoms with Crippen molar-refractivity contribution in [3.63, 3.8) is 0 Å². The highest BCUT2D eigenvalue weighted by molar-refractivity contribution is 5.92. The van der Waals surface area contributed by atoms with Crippen molar-refractivity contribution < 1.29 is 14.3 Å². The third-order valence-electron chi connectivity index (χ3n) is 0.761. The number of carbonyl (C=O) groups excluding carboxylic acids is 2. The van der Waals surface area contributed by atoms with Crippen molar-refractivity contribution >= 4 is 11.9 Å². The summed E-state index contributed by atoms with van der Waals surface area (Å²) in [7, 11) is 0. The van der Waals surface area contributed by atoms with Gasteiger partial charge in [-0.1, -0.05) is 0 Å². The maximum Gasteiger partial charge on any atom is 0.314 e. The number of rotatable bonds is 0. The molecule has 1 saturated heterocycles. The van der Waals surface area contributed by atoms with E-state index in [0.29, 0.717) is 0 Å². The van der Waals surface area contributed by atoms with Gasteiger partial charge in [-0.15, -0.1) is 0 Å². The molecular formula is C4H4O3. The lowest BCUT2D eigenvalue weighted by atomic mass is 10.6. The number of hydrogen-bond donors (Lipinski definition) is 0. The topological polar surface area (TPSA) is 43.4 Å². The second-order valence-corrected chi connectivity index (χ2v) is 1.35. The van der Waals surface area contributed by atoms with Crippen LogP contribution in [0.2, 0.25) is 0 Å². The molecule has 0 bridgehead atoms. The summed E-state index contributed by atoms with van der Waals surface area (Å²) in [6.45, 7) is 0. The number of ether oxygens (including phenoxy) is 1. The van der Waals surface area contributed by atoms with Gasteiger partial charge in [0.2, 0.25) is 0 Å². The Morgan fingerprint density at radius 2 is 1.57 bits per heavy atom. The first-order chi connectivity index (χ1) is 3.29. The highest BCUT2D eigenvalue weighted by atomic mass is 16.6. The van der Waals surface area contributed by atoms with Gasteiger partial charge in [-0.2, -0.15) is 0 Å². The van der Waals surface area contributed by atoms with Crippen molar-refractivity contribution in [3.05, 3.63) is 0 Å². The van der Waals surface area contributed by atoms with Crippen LogP contribution in [0.4, 0.5) is 0 Å². The van der Waals surface area contributed by atoms with Gasteiger partial charge in [-0.3, -0.25) is 9.59 Å². The SMILES string of the molecule is O=C1C[13CH2]C(=O)O1. The normalized spacial score (nSPS) is 20.0. The summed E-state index contributed by atoms with van der Waals surface area (Å²) in [5.41, 5.74) is 0. The Balaban J connectivity index is 2.55. The standard InChI is InChI=1S/C4H4O3/c5-3-1-2-4(6)7-3/h1-2H2/i1+1. The average molecular weight is 101 g/mol. The highest BCUT2D eigenvalue weighted by Crippen LogP contribution is 2.03. The van der Waals surface area contributed by atoms with Crippen molar-refractivity contribution in [3.8, 4) is 0 Å². The molecule has 0 N–H and O–H groups in total. The zero-order valence-corrected chi connectivity index (χ0v) is 3.64. The molecule has 1 fully saturated rings. The van der Waals surface area contributed by atoms with E-state index in [4.69, 9.17) is 0 Å². The molecule has 0 radical (unpaired) electrons. The van der Waals surface area contributed by atoms with Crippen LogP contribution < -0.4 is 0 Å². The molecule has 0 atom stereocenters. The summed E-state index contributed by atoms with van der Waals surface area (Å²) >= 11 is 0. The van der Waals surface area contributed by atoms with Crippen molar-refractivity contribution in [2.24, 2.45) is 0 Å². The van der Waals surface area contributed by atoms with Gasteiger partial charge in [0.05, 0.1) is 12.8 Å². The fourth-order valence-electron chi connectivity index (χ4n) is 0.433. The van der Waals surface area contributed by atoms with Gasteiger partial charge in [0.15, 0.2) is 0 Å². The van der Waals surface area contributed by atoms with Crippen LogP contribution >= 0.6 is 0 Å². The predicted octanol–water partition coefficient (Wildman–Crippen LogP) is -0.150. The molecule has 0 aromatic rings. The number of cyclic esters (lactones) is 2. The molecule has 0 aromatic heterocycles. The lowest BCUT2D eigenvalue weighted by Crippen LogP contribution is -1.94. The van der Waals surface area contributed by atoms with E-state index in [1.165, 1.54) is 0 Å². The molecule has 1 aliphatic rings. The zero-order chi connectivity index (χ0) is 5.28. The molecule has 0 amide bonds. The second kappa shape index (κ2) is 1.33. The molecule has 7 heavy (non-hydrogen) atoms. The van der Waals surface area contributed by atoms with E-state index >= 15 is 0 Å². The van der Waals surface area contributed by atoms with Gasteiger partial charge >= 0.3 is 11.9 Å². The molecule has 0 unspecified atom stereocenters. The highest BCUT2D eigenvalue weighted by Gasteiger charge is 2.19. The van der Waals surface area contributed by atoms with Gasteiger partial charge in [0.25, 0.3) is 0 Å². The van der Waals surface area contributed by atoms with Crippen LogP contribution in [0, 0.1) is 0 Å². The predicted molar refractivity (Wildman–Crippen MR) is 20.3 cm³/mol. The van der Waals surface area contributed by atoms with Gasteiger partial charge in [-0.25, -0.2) is 0 Å². The minimum atomic E-state index is -0.398. The Morgan fingerprint density at radius 1 is 1.14 bits per heavy atom. The van der Waals surface area contributed by atoms with E-state index in [1.807, 2.05) is 0 Å². The average Bonchev–Trinajstić information content (AvgIpc) is 1.87. The second-order valence-electron chi connectivity index (χ2n) is 1.35. The Morgan fingerprint density at radius 3 is 1.71 bits per heavy atom. The van der Waals surface area contributed by atoms with Crippen LogP contribution in [-0.2, 0) is 14.3 Å². The molecule has 1 aliphatic heterocycles. The minimum Gasteiger partial charge on any atom is -0.393 e. The molecule has 0 spiro atoms. The summed E-state index contributed by atoms with van der Waals surface area (Å²) in [4.78, 5) is 20.0. The van der Waals surface area contributed by atoms with E-state index in [-0.39, 0.29) is 12.8 Å².